The zero-order valence-corrected chi connectivity index (χ0v) is 37.7. The van der Waals surface area contributed by atoms with Gasteiger partial charge >= 0.3 is 5.97 Å². The first-order valence-electron chi connectivity index (χ1n) is 21.3. The Morgan fingerprint density at radius 2 is 1.55 bits per heavy atom. The number of ether oxygens (including phenoxy) is 9. The van der Waals surface area contributed by atoms with Crippen LogP contribution in [0.15, 0.2) is 12.2 Å². The standard InChI is InChI=1S/C44H79NO11/c1-18-34-44(13,47)39-28(6)27(5)25(3)20-43(12,51-23-24(2)22-50-39)38(56-41-37(48-16)33(45(14)15)19-26(4)52-41)29(7)36(30(8)40(46)54-34)55-35-21-42(11,49-17)31(9)32(10)53-35/h25-39,41,47H,2,18-23H2,1,3-17H3/t25-,26-,27+,28+,29+,30?,31+,32+,33+,34-,35?,36+,37-,38-,39?,41+,42-,43-,44-/m1/s1. The molecule has 19 atom stereocenters. The van der Waals surface area contributed by atoms with E-state index in [4.69, 9.17) is 42.6 Å². The number of likely N-dealkylation sites (N-methyl/N-ethyl adjacent to an activating group) is 1. The van der Waals surface area contributed by atoms with Gasteiger partial charge in [0.15, 0.2) is 12.6 Å². The largest absolute Gasteiger partial charge is 0.459 e. The highest BCUT2D eigenvalue weighted by atomic mass is 16.7. The topological polar surface area (TPSA) is 124 Å². The van der Waals surface area contributed by atoms with Crippen LogP contribution in [-0.2, 0) is 47.4 Å². The van der Waals surface area contributed by atoms with E-state index in [-0.39, 0.29) is 55.1 Å². The minimum atomic E-state index is -1.51. The lowest BCUT2D eigenvalue weighted by Crippen LogP contribution is -2.61. The van der Waals surface area contributed by atoms with E-state index in [0.717, 1.165) is 12.0 Å². The van der Waals surface area contributed by atoms with E-state index in [0.29, 0.717) is 19.3 Å². The predicted octanol–water partition coefficient (Wildman–Crippen LogP) is 6.40. The summed E-state index contributed by atoms with van der Waals surface area (Å²) in [6, 6.07) is 0.0306. The first kappa shape index (κ1) is 47.5. The highest BCUT2D eigenvalue weighted by Crippen LogP contribution is 2.45. The molecular formula is C44H79NO11. The molecule has 12 nitrogen and oxygen atoms in total. The van der Waals surface area contributed by atoms with Gasteiger partial charge in [-0.1, -0.05) is 48.1 Å². The zero-order valence-electron chi connectivity index (χ0n) is 37.7. The van der Waals surface area contributed by atoms with Crippen LogP contribution in [0.1, 0.15) is 109 Å². The molecule has 56 heavy (non-hydrogen) atoms. The highest BCUT2D eigenvalue weighted by Gasteiger charge is 2.54. The molecule has 326 valence electrons. The van der Waals surface area contributed by atoms with Crippen LogP contribution in [0, 0.1) is 35.5 Å². The van der Waals surface area contributed by atoms with E-state index in [2.05, 4.69) is 66.9 Å². The summed E-state index contributed by atoms with van der Waals surface area (Å²) in [6.07, 6.45) is -2.93. The number of hydrogen-bond acceptors (Lipinski definition) is 12. The Bertz CT molecular complexity index is 1300. The van der Waals surface area contributed by atoms with Crippen LogP contribution in [-0.4, -0.2) is 136 Å². The van der Waals surface area contributed by atoms with Gasteiger partial charge in [-0.05, 0) is 98.2 Å². The zero-order chi connectivity index (χ0) is 42.1. The van der Waals surface area contributed by atoms with Gasteiger partial charge in [0.1, 0.15) is 17.8 Å². The minimum Gasteiger partial charge on any atom is -0.459 e. The molecule has 4 heterocycles. The SMILES string of the molecule is C=C1COC2[C@@H](C)[C@@H](C)[C@H](C)C[C@@](C)(OC1)[C@H](O[C@@H]1O[C@H](C)C[C@H](N(C)C)[C@H]1OC)[C@@H](C)[C@H](OC1C[C@@](C)(OC)[C@@H](C)[C@H](C)O1)C(C)C(=O)O[C@H](CC)[C@@]2(C)O. The van der Waals surface area contributed by atoms with Crippen LogP contribution in [0.3, 0.4) is 0 Å². The first-order chi connectivity index (χ1) is 26.0. The van der Waals surface area contributed by atoms with Gasteiger partial charge in [-0.25, -0.2) is 0 Å². The summed E-state index contributed by atoms with van der Waals surface area (Å²) < 4.78 is 59.9. The van der Waals surface area contributed by atoms with Gasteiger partial charge in [0.25, 0.3) is 0 Å². The van der Waals surface area contributed by atoms with Gasteiger partial charge in [0.05, 0.1) is 60.9 Å². The quantitative estimate of drug-likeness (QED) is 0.216. The van der Waals surface area contributed by atoms with Gasteiger partial charge in [0, 0.05) is 38.5 Å². The van der Waals surface area contributed by atoms with Gasteiger partial charge in [0.2, 0.25) is 0 Å². The Labute approximate surface area is 338 Å². The summed E-state index contributed by atoms with van der Waals surface area (Å²) in [5, 5.41) is 12.4. The van der Waals surface area contributed by atoms with Gasteiger partial charge in [-0.15, -0.1) is 0 Å². The normalized spacial score (nSPS) is 49.1. The lowest BCUT2D eigenvalue weighted by molar-refractivity contribution is -0.319. The number of fused-ring (bicyclic) bond motifs is 5. The van der Waals surface area contributed by atoms with Crippen molar-refractivity contribution in [3.05, 3.63) is 12.2 Å². The Morgan fingerprint density at radius 1 is 0.893 bits per heavy atom. The average Bonchev–Trinajstić information content (AvgIpc) is 3.15. The van der Waals surface area contributed by atoms with Crippen molar-refractivity contribution in [2.24, 2.45) is 35.5 Å². The Balaban J connectivity index is 1.95. The molecular weight excluding hydrogens is 718 g/mol. The van der Waals surface area contributed by atoms with E-state index < -0.39 is 77.7 Å². The van der Waals surface area contributed by atoms with Crippen molar-refractivity contribution >= 4 is 5.97 Å². The van der Waals surface area contributed by atoms with Gasteiger partial charge < -0.3 is 52.6 Å². The summed E-state index contributed by atoms with van der Waals surface area (Å²) in [4.78, 5) is 16.8. The highest BCUT2D eigenvalue weighted by molar-refractivity contribution is 5.73. The summed E-state index contributed by atoms with van der Waals surface area (Å²) >= 11 is 0. The maximum absolute atomic E-state index is 14.6. The first-order valence-corrected chi connectivity index (χ1v) is 21.3. The maximum Gasteiger partial charge on any atom is 0.311 e. The molecule has 4 aliphatic heterocycles. The fourth-order valence-corrected chi connectivity index (χ4v) is 10.1. The van der Waals surface area contributed by atoms with Crippen LogP contribution in [0.4, 0.5) is 0 Å². The predicted molar refractivity (Wildman–Crippen MR) is 215 cm³/mol. The number of rotatable bonds is 8. The molecule has 4 saturated heterocycles. The van der Waals surface area contributed by atoms with Crippen molar-refractivity contribution in [3.8, 4) is 0 Å². The second-order valence-electron chi connectivity index (χ2n) is 18.9. The summed E-state index contributed by atoms with van der Waals surface area (Å²) in [7, 11) is 7.52. The molecule has 3 unspecified atom stereocenters. The van der Waals surface area contributed by atoms with Crippen LogP contribution < -0.4 is 0 Å². The monoisotopic (exact) mass is 798 g/mol. The van der Waals surface area contributed by atoms with Crippen molar-refractivity contribution in [1.82, 2.24) is 4.90 Å². The lowest BCUT2D eigenvalue weighted by Gasteiger charge is -2.51. The molecule has 12 heteroatoms. The average molecular weight is 798 g/mol. The number of aliphatic hydroxyl groups is 1. The molecule has 4 fully saturated rings. The summed E-state index contributed by atoms with van der Waals surface area (Å²) in [5.41, 5.74) is -2.27. The Morgan fingerprint density at radius 3 is 2.14 bits per heavy atom. The third kappa shape index (κ3) is 10.0. The fourth-order valence-electron chi connectivity index (χ4n) is 10.1. The third-order valence-electron chi connectivity index (χ3n) is 14.5. The van der Waals surface area contributed by atoms with Crippen molar-refractivity contribution < 1.29 is 52.5 Å². The lowest BCUT2D eigenvalue weighted by atomic mass is 9.70. The van der Waals surface area contributed by atoms with E-state index in [1.54, 1.807) is 21.1 Å². The van der Waals surface area contributed by atoms with Crippen LogP contribution in [0.25, 0.3) is 0 Å². The molecule has 0 aromatic rings. The van der Waals surface area contributed by atoms with Crippen molar-refractivity contribution in [1.29, 1.82) is 0 Å². The van der Waals surface area contributed by atoms with Crippen LogP contribution >= 0.6 is 0 Å². The number of esters is 1. The molecule has 1 N–H and O–H groups in total. The molecule has 0 amide bonds. The Hall–Kier alpha value is -1.19. The van der Waals surface area contributed by atoms with E-state index in [1.165, 1.54) is 0 Å². The van der Waals surface area contributed by atoms with Crippen molar-refractivity contribution in [2.45, 2.75) is 187 Å². The van der Waals surface area contributed by atoms with E-state index in [1.807, 2.05) is 34.9 Å². The molecule has 0 aliphatic carbocycles. The maximum atomic E-state index is 14.6. The van der Waals surface area contributed by atoms with Crippen LogP contribution in [0.5, 0.6) is 0 Å². The molecule has 0 saturated carbocycles. The number of hydrogen-bond donors (Lipinski definition) is 1. The minimum absolute atomic E-state index is 0.0306. The number of nitrogens with zero attached hydrogens (tertiary/aromatic N) is 1. The summed E-state index contributed by atoms with van der Waals surface area (Å²) in [5.74, 6) is -1.68. The molecule has 0 aromatic carbocycles. The molecule has 2 bridgehead atoms. The smallest absolute Gasteiger partial charge is 0.311 e. The van der Waals surface area contributed by atoms with Crippen LogP contribution in [0.2, 0.25) is 0 Å². The van der Waals surface area contributed by atoms with E-state index >= 15 is 0 Å². The number of cyclic esters (lactones) is 1. The van der Waals surface area contributed by atoms with Gasteiger partial charge in [-0.3, -0.25) is 4.79 Å². The summed E-state index contributed by atoms with van der Waals surface area (Å²) in [6.45, 7) is 29.2. The third-order valence-corrected chi connectivity index (χ3v) is 14.5. The molecule has 0 radical (unpaired) electrons. The number of methoxy groups -OCH3 is 2. The molecule has 0 aromatic heterocycles. The number of carbonyl (C=O) groups excluding carboxylic acids is 1. The van der Waals surface area contributed by atoms with Crippen molar-refractivity contribution in [2.75, 3.05) is 41.5 Å². The molecule has 4 rings (SSSR count). The van der Waals surface area contributed by atoms with Gasteiger partial charge in [-0.2, -0.15) is 0 Å². The number of carbonyl (C=O) groups is 1. The van der Waals surface area contributed by atoms with E-state index in [9.17, 15) is 9.90 Å². The molecule has 0 spiro atoms. The second-order valence-corrected chi connectivity index (χ2v) is 18.9. The van der Waals surface area contributed by atoms with Crippen molar-refractivity contribution in [3.63, 3.8) is 0 Å². The Kier molecular flexibility index (Phi) is 16.1. The molecule has 4 aliphatic rings. The second kappa shape index (κ2) is 19.0. The fraction of sp³-hybridized carbons (Fsp3) is 0.932.